The van der Waals surface area contributed by atoms with Crippen LogP contribution in [0.1, 0.15) is 29.4 Å². The average Bonchev–Trinajstić information content (AvgIpc) is 3.02. The van der Waals surface area contributed by atoms with E-state index in [2.05, 4.69) is 15.3 Å². The first-order valence-electron chi connectivity index (χ1n) is 8.53. The zero-order valence-electron chi connectivity index (χ0n) is 14.8. The zero-order valence-corrected chi connectivity index (χ0v) is 15.6. The molecule has 1 atom stereocenters. The number of anilines is 2. The van der Waals surface area contributed by atoms with Crippen LogP contribution in [0.2, 0.25) is 0 Å². The van der Waals surface area contributed by atoms with Crippen LogP contribution in [0.4, 0.5) is 11.6 Å². The lowest BCUT2D eigenvalue weighted by molar-refractivity contribution is 0.102. The van der Waals surface area contributed by atoms with Crippen LogP contribution in [0.25, 0.3) is 0 Å². The maximum Gasteiger partial charge on any atom is 0.274 e. The van der Waals surface area contributed by atoms with E-state index in [1.54, 1.807) is 24.3 Å². The number of sulfone groups is 1. The highest BCUT2D eigenvalue weighted by molar-refractivity contribution is 7.91. The van der Waals surface area contributed by atoms with Gasteiger partial charge in [-0.25, -0.2) is 18.4 Å². The Morgan fingerprint density at radius 3 is 2.67 bits per heavy atom. The fourth-order valence-corrected chi connectivity index (χ4v) is 4.75. The highest BCUT2D eigenvalue weighted by atomic mass is 32.2. The van der Waals surface area contributed by atoms with E-state index >= 15 is 0 Å². The van der Waals surface area contributed by atoms with Crippen LogP contribution in [-0.2, 0) is 9.84 Å². The number of nitrogens with zero attached hydrogens (tertiary/aromatic N) is 4. The van der Waals surface area contributed by atoms with E-state index in [1.165, 1.54) is 12.3 Å². The van der Waals surface area contributed by atoms with Crippen molar-refractivity contribution in [3.63, 3.8) is 0 Å². The number of hydrogen-bond acceptors (Lipinski definition) is 7. The van der Waals surface area contributed by atoms with Gasteiger partial charge in [0.05, 0.1) is 23.1 Å². The molecule has 140 valence electrons. The second-order valence-corrected chi connectivity index (χ2v) is 8.46. The van der Waals surface area contributed by atoms with Crippen molar-refractivity contribution in [3.05, 3.63) is 47.8 Å². The molecule has 0 saturated carbocycles. The molecular weight excluding hydrogens is 366 g/mol. The number of carbonyl (C=O) groups excluding carboxylic acids is 1. The number of amides is 1. The molecule has 0 spiro atoms. The smallest absolute Gasteiger partial charge is 0.274 e. The van der Waals surface area contributed by atoms with E-state index in [0.29, 0.717) is 30.2 Å². The van der Waals surface area contributed by atoms with Crippen molar-refractivity contribution in [1.82, 2.24) is 9.97 Å². The largest absolute Gasteiger partial charge is 0.337 e. The molecule has 27 heavy (non-hydrogen) atoms. The monoisotopic (exact) mass is 385 g/mol. The summed E-state index contributed by atoms with van der Waals surface area (Å²) < 4.78 is 23.5. The molecule has 1 amide bonds. The van der Waals surface area contributed by atoms with Gasteiger partial charge in [-0.3, -0.25) is 4.79 Å². The van der Waals surface area contributed by atoms with Gasteiger partial charge in [-0.15, -0.1) is 0 Å². The van der Waals surface area contributed by atoms with Gasteiger partial charge < -0.3 is 10.2 Å². The van der Waals surface area contributed by atoms with Crippen LogP contribution in [0.15, 0.2) is 36.5 Å². The van der Waals surface area contributed by atoms with Crippen LogP contribution < -0.4 is 10.2 Å². The van der Waals surface area contributed by atoms with Gasteiger partial charge in [0.1, 0.15) is 5.69 Å². The Kier molecular flexibility index (Phi) is 5.37. The highest BCUT2D eigenvalue weighted by Gasteiger charge is 2.33. The van der Waals surface area contributed by atoms with E-state index in [-0.39, 0.29) is 23.2 Å². The molecule has 1 aromatic heterocycles. The minimum Gasteiger partial charge on any atom is -0.337 e. The van der Waals surface area contributed by atoms with Crippen LogP contribution in [-0.4, -0.2) is 48.4 Å². The predicted octanol–water partition coefficient (Wildman–Crippen LogP) is 1.61. The molecule has 1 unspecified atom stereocenters. The molecule has 0 aliphatic carbocycles. The van der Waals surface area contributed by atoms with E-state index in [1.807, 2.05) is 17.9 Å². The summed E-state index contributed by atoms with van der Waals surface area (Å²) >= 11 is 0. The summed E-state index contributed by atoms with van der Waals surface area (Å²) in [6.45, 7) is 2.44. The highest BCUT2D eigenvalue weighted by Crippen LogP contribution is 2.21. The van der Waals surface area contributed by atoms with E-state index < -0.39 is 15.7 Å². The maximum absolute atomic E-state index is 12.5. The second kappa shape index (κ2) is 7.72. The Hall–Kier alpha value is -2.99. The van der Waals surface area contributed by atoms with E-state index in [9.17, 15) is 13.2 Å². The molecule has 1 aliphatic heterocycles. The third-order valence-electron chi connectivity index (χ3n) is 4.39. The van der Waals surface area contributed by atoms with Gasteiger partial charge >= 0.3 is 0 Å². The van der Waals surface area contributed by atoms with Crippen molar-refractivity contribution in [2.75, 3.05) is 28.3 Å². The molecule has 0 radical (unpaired) electrons. The SMILES string of the molecule is CCN(c1nccc(C(=O)Nc2ccc(C#N)cc2)n1)C1CCS(=O)(=O)C1. The third kappa shape index (κ3) is 4.41. The first kappa shape index (κ1) is 18.8. The quantitative estimate of drug-likeness (QED) is 0.831. The van der Waals surface area contributed by atoms with Gasteiger partial charge in [-0.1, -0.05) is 0 Å². The van der Waals surface area contributed by atoms with E-state index in [0.717, 1.165) is 0 Å². The standard InChI is InChI=1S/C18H19N5O3S/c1-2-23(15-8-10-27(25,26)12-15)18-20-9-7-16(22-18)17(24)21-14-5-3-13(11-19)4-6-14/h3-7,9,15H,2,8,10,12H2,1H3,(H,21,24). The summed E-state index contributed by atoms with van der Waals surface area (Å²) in [6, 6.07) is 9.84. The Labute approximate surface area is 157 Å². The number of nitriles is 1. The molecular formula is C18H19N5O3S. The molecule has 1 saturated heterocycles. The lowest BCUT2D eigenvalue weighted by Gasteiger charge is -2.26. The Morgan fingerprint density at radius 2 is 2.07 bits per heavy atom. The molecule has 1 aromatic carbocycles. The van der Waals surface area contributed by atoms with Gasteiger partial charge in [0.25, 0.3) is 5.91 Å². The van der Waals surface area contributed by atoms with E-state index in [4.69, 9.17) is 5.26 Å². The number of benzene rings is 1. The van der Waals surface area contributed by atoms with Crippen molar-refractivity contribution < 1.29 is 13.2 Å². The fraction of sp³-hybridized carbons (Fsp3) is 0.333. The summed E-state index contributed by atoms with van der Waals surface area (Å²) in [5.74, 6) is 0.171. The minimum atomic E-state index is -3.03. The lowest BCUT2D eigenvalue weighted by Crippen LogP contribution is -2.37. The molecule has 1 fully saturated rings. The molecule has 0 bridgehead atoms. The van der Waals surface area contributed by atoms with Gasteiger partial charge in [-0.05, 0) is 43.7 Å². The summed E-state index contributed by atoms with van der Waals surface area (Å²) in [4.78, 5) is 22.8. The van der Waals surface area contributed by atoms with Gasteiger partial charge in [0, 0.05) is 24.5 Å². The lowest BCUT2D eigenvalue weighted by atomic mass is 10.2. The first-order chi connectivity index (χ1) is 12.9. The van der Waals surface area contributed by atoms with Crippen LogP contribution in [0, 0.1) is 11.3 Å². The molecule has 2 heterocycles. The number of aromatic nitrogens is 2. The van der Waals surface area contributed by atoms with Crippen molar-refractivity contribution in [1.29, 1.82) is 5.26 Å². The summed E-state index contributed by atoms with van der Waals surface area (Å²) in [7, 11) is -3.03. The fourth-order valence-electron chi connectivity index (χ4n) is 3.02. The summed E-state index contributed by atoms with van der Waals surface area (Å²) in [5, 5.41) is 11.5. The topological polar surface area (TPSA) is 116 Å². The Morgan fingerprint density at radius 1 is 1.33 bits per heavy atom. The molecule has 3 rings (SSSR count). The number of rotatable bonds is 5. The molecule has 1 aliphatic rings. The number of nitrogens with one attached hydrogen (secondary N) is 1. The number of hydrogen-bond donors (Lipinski definition) is 1. The minimum absolute atomic E-state index is 0.0753. The summed E-state index contributed by atoms with van der Waals surface area (Å²) in [6.07, 6.45) is 2.02. The zero-order chi connectivity index (χ0) is 19.4. The van der Waals surface area contributed by atoms with Crippen molar-refractivity contribution in [2.24, 2.45) is 0 Å². The third-order valence-corrected chi connectivity index (χ3v) is 6.14. The normalized spacial score (nSPS) is 17.9. The molecule has 8 nitrogen and oxygen atoms in total. The molecule has 9 heteroatoms. The second-order valence-electron chi connectivity index (χ2n) is 6.23. The summed E-state index contributed by atoms with van der Waals surface area (Å²) in [5.41, 5.74) is 1.24. The Bertz CT molecular complexity index is 983. The first-order valence-corrected chi connectivity index (χ1v) is 10.4. The molecule has 1 N–H and O–H groups in total. The van der Waals surface area contributed by atoms with Gasteiger partial charge in [0.2, 0.25) is 5.95 Å². The molecule has 2 aromatic rings. The van der Waals surface area contributed by atoms with Crippen LogP contribution >= 0.6 is 0 Å². The van der Waals surface area contributed by atoms with Crippen molar-refractivity contribution in [2.45, 2.75) is 19.4 Å². The van der Waals surface area contributed by atoms with Crippen molar-refractivity contribution >= 4 is 27.4 Å². The van der Waals surface area contributed by atoms with Gasteiger partial charge in [-0.2, -0.15) is 5.26 Å². The average molecular weight is 385 g/mol. The van der Waals surface area contributed by atoms with Crippen LogP contribution in [0.5, 0.6) is 0 Å². The van der Waals surface area contributed by atoms with Crippen LogP contribution in [0.3, 0.4) is 0 Å². The maximum atomic E-state index is 12.5. The van der Waals surface area contributed by atoms with Crippen molar-refractivity contribution in [3.8, 4) is 6.07 Å². The Balaban J connectivity index is 1.77. The number of carbonyl (C=O) groups is 1. The van der Waals surface area contributed by atoms with Gasteiger partial charge in [0.15, 0.2) is 9.84 Å². The predicted molar refractivity (Wildman–Crippen MR) is 101 cm³/mol.